The summed E-state index contributed by atoms with van der Waals surface area (Å²) in [5, 5.41) is 10.6. The number of hydrogen-bond acceptors (Lipinski definition) is 15. The monoisotopic (exact) mass is 1400 g/mol. The first-order chi connectivity index (χ1) is 46.0. The van der Waals surface area contributed by atoms with E-state index in [9.17, 15) is 43.2 Å². The molecule has 0 aromatic carbocycles. The molecule has 0 rings (SSSR count). The molecule has 0 bridgehead atoms. The van der Waals surface area contributed by atoms with Crippen LogP contribution in [0.15, 0.2) is 0 Å². The predicted molar refractivity (Wildman–Crippen MR) is 386 cm³/mol. The van der Waals surface area contributed by atoms with Gasteiger partial charge in [-0.15, -0.1) is 0 Å². The number of phosphoric ester groups is 2. The highest BCUT2D eigenvalue weighted by Crippen LogP contribution is 2.45. The Morgan fingerprint density at radius 1 is 0.284 bits per heavy atom. The molecule has 0 radical (unpaired) electrons. The summed E-state index contributed by atoms with van der Waals surface area (Å²) >= 11 is 0. The zero-order valence-electron chi connectivity index (χ0n) is 61.8. The van der Waals surface area contributed by atoms with Crippen LogP contribution in [-0.2, 0) is 65.4 Å². The maximum absolute atomic E-state index is 13.1. The van der Waals surface area contributed by atoms with Crippen LogP contribution in [0, 0.1) is 5.92 Å². The summed E-state index contributed by atoms with van der Waals surface area (Å²) in [6, 6.07) is 0. The molecule has 0 aliphatic rings. The van der Waals surface area contributed by atoms with Crippen LogP contribution in [0.4, 0.5) is 0 Å². The molecule has 2 unspecified atom stereocenters. The Morgan fingerprint density at radius 3 is 0.716 bits per heavy atom. The van der Waals surface area contributed by atoms with Gasteiger partial charge in [-0.1, -0.05) is 349 Å². The van der Waals surface area contributed by atoms with Crippen LogP contribution in [0.2, 0.25) is 0 Å². The van der Waals surface area contributed by atoms with Gasteiger partial charge in [0, 0.05) is 25.7 Å². The number of carbonyl (C=O) groups excluding carboxylic acids is 4. The summed E-state index contributed by atoms with van der Waals surface area (Å²) in [5.74, 6) is -1.33. The van der Waals surface area contributed by atoms with E-state index < -0.39 is 97.5 Å². The Bertz CT molecular complexity index is 1820. The lowest BCUT2D eigenvalue weighted by molar-refractivity contribution is -0.161. The molecular formula is C76H148O17P2. The fourth-order valence-electron chi connectivity index (χ4n) is 11.7. The molecule has 0 spiro atoms. The molecule has 5 atom stereocenters. The average Bonchev–Trinajstić information content (AvgIpc) is 1.91. The molecule has 0 amide bonds. The van der Waals surface area contributed by atoms with E-state index in [-0.39, 0.29) is 25.7 Å². The van der Waals surface area contributed by atoms with E-state index in [4.69, 9.17) is 37.0 Å². The number of aliphatic hydroxyl groups is 1. The van der Waals surface area contributed by atoms with Crippen molar-refractivity contribution in [3.05, 3.63) is 0 Å². The van der Waals surface area contributed by atoms with Crippen molar-refractivity contribution in [3.8, 4) is 0 Å². The topological polar surface area (TPSA) is 237 Å². The number of aliphatic hydroxyl groups excluding tert-OH is 1. The quantitative estimate of drug-likeness (QED) is 0.0222. The Kier molecular flexibility index (Phi) is 67.7. The first kappa shape index (κ1) is 93.1. The SMILES string of the molecule is CCCCCCCCCCCCCCCCCCC(=O)O[C@H](COC(=O)CCCCCCCCCCCCCCC(C)C)COP(=O)(O)OC[C@@H](O)COP(=O)(O)OC[C@@H](COC(=O)CCCCCCCCCCCCCC)OC(=O)CCCCCCCCCCCCCC. The zero-order valence-corrected chi connectivity index (χ0v) is 63.6. The van der Waals surface area contributed by atoms with Gasteiger partial charge in [0.05, 0.1) is 26.4 Å². The minimum atomic E-state index is -4.96. The highest BCUT2D eigenvalue weighted by atomic mass is 31.2. The first-order valence-electron chi connectivity index (χ1n) is 39.6. The van der Waals surface area contributed by atoms with E-state index >= 15 is 0 Å². The Morgan fingerprint density at radius 2 is 0.484 bits per heavy atom. The third-order valence-corrected chi connectivity index (χ3v) is 19.7. The van der Waals surface area contributed by atoms with Gasteiger partial charge in [0.15, 0.2) is 12.2 Å². The zero-order chi connectivity index (χ0) is 69.8. The lowest BCUT2D eigenvalue weighted by atomic mass is 10.0. The number of ether oxygens (including phenoxy) is 4. The number of hydrogen-bond donors (Lipinski definition) is 3. The molecule has 0 aromatic heterocycles. The van der Waals surface area contributed by atoms with Gasteiger partial charge in [-0.05, 0) is 31.6 Å². The van der Waals surface area contributed by atoms with E-state index in [1.165, 1.54) is 225 Å². The normalized spacial score (nSPS) is 13.9. The summed E-state index contributed by atoms with van der Waals surface area (Å²) < 4.78 is 68.6. The second kappa shape index (κ2) is 69.2. The van der Waals surface area contributed by atoms with Crippen LogP contribution in [0.5, 0.6) is 0 Å². The fourth-order valence-corrected chi connectivity index (χ4v) is 13.3. The second-order valence-electron chi connectivity index (χ2n) is 27.9. The van der Waals surface area contributed by atoms with Gasteiger partial charge in [-0.2, -0.15) is 0 Å². The van der Waals surface area contributed by atoms with Crippen molar-refractivity contribution in [1.29, 1.82) is 0 Å². The van der Waals surface area contributed by atoms with Crippen molar-refractivity contribution in [2.75, 3.05) is 39.6 Å². The predicted octanol–water partition coefficient (Wildman–Crippen LogP) is 22.5. The molecule has 0 saturated heterocycles. The Hall–Kier alpha value is -1.94. The number of esters is 4. The van der Waals surface area contributed by atoms with Crippen LogP contribution in [0.3, 0.4) is 0 Å². The van der Waals surface area contributed by atoms with Gasteiger partial charge in [0.25, 0.3) is 0 Å². The number of unbranched alkanes of at least 4 members (excludes halogenated alkanes) is 48. The van der Waals surface area contributed by atoms with E-state index in [0.717, 1.165) is 95.8 Å². The van der Waals surface area contributed by atoms with Crippen LogP contribution < -0.4 is 0 Å². The molecule has 17 nitrogen and oxygen atoms in total. The molecular weight excluding hydrogens is 1250 g/mol. The van der Waals surface area contributed by atoms with Crippen molar-refractivity contribution < 1.29 is 80.2 Å². The maximum atomic E-state index is 13.1. The third kappa shape index (κ3) is 70.3. The molecule has 564 valence electrons. The molecule has 0 aliphatic heterocycles. The lowest BCUT2D eigenvalue weighted by Crippen LogP contribution is -2.30. The van der Waals surface area contributed by atoms with Crippen LogP contribution in [-0.4, -0.2) is 96.7 Å². The Balaban J connectivity index is 5.25. The molecule has 19 heteroatoms. The molecule has 0 heterocycles. The Labute approximate surface area is 581 Å². The van der Waals surface area contributed by atoms with Gasteiger partial charge in [0.1, 0.15) is 19.3 Å². The summed E-state index contributed by atoms with van der Waals surface area (Å²) in [5.41, 5.74) is 0. The smallest absolute Gasteiger partial charge is 0.462 e. The van der Waals surface area contributed by atoms with E-state index in [2.05, 4.69) is 34.6 Å². The van der Waals surface area contributed by atoms with Crippen molar-refractivity contribution >= 4 is 39.5 Å². The van der Waals surface area contributed by atoms with E-state index in [1.54, 1.807) is 0 Å². The number of carbonyl (C=O) groups is 4. The minimum absolute atomic E-state index is 0.108. The standard InChI is InChI=1S/C76H148O17P2/c1-6-9-12-15-18-21-24-27-28-29-30-37-42-47-52-57-62-76(81)93-72(66-87-74(79)60-55-50-45-40-36-32-31-33-38-43-48-53-58-69(4)5)68-91-95(84,85)89-64-70(77)63-88-94(82,83)90-67-71(92-75(80)61-56-51-46-41-35-26-23-20-17-14-11-8-3)65-86-73(78)59-54-49-44-39-34-25-22-19-16-13-10-7-2/h69-72,77H,6-68H2,1-5H3,(H,82,83)(H,84,85)/t70-,71+,72+/m0/s1. The van der Waals surface area contributed by atoms with Crippen LogP contribution in [0.25, 0.3) is 0 Å². The molecule has 95 heavy (non-hydrogen) atoms. The van der Waals surface area contributed by atoms with Crippen molar-refractivity contribution in [2.24, 2.45) is 5.92 Å². The lowest BCUT2D eigenvalue weighted by Gasteiger charge is -2.21. The van der Waals surface area contributed by atoms with Crippen LogP contribution >= 0.6 is 15.6 Å². The van der Waals surface area contributed by atoms with Gasteiger partial charge in [-0.25, -0.2) is 9.13 Å². The van der Waals surface area contributed by atoms with Crippen molar-refractivity contribution in [2.45, 2.75) is 419 Å². The molecule has 0 saturated carbocycles. The molecule has 0 fully saturated rings. The number of phosphoric acid groups is 2. The first-order valence-corrected chi connectivity index (χ1v) is 42.6. The summed E-state index contributed by atoms with van der Waals surface area (Å²) in [7, 11) is -9.91. The van der Waals surface area contributed by atoms with Gasteiger partial charge in [0.2, 0.25) is 0 Å². The van der Waals surface area contributed by atoms with Crippen molar-refractivity contribution in [3.63, 3.8) is 0 Å². The summed E-state index contributed by atoms with van der Waals surface area (Å²) in [6.07, 6.45) is 58.0. The largest absolute Gasteiger partial charge is 0.472 e. The highest BCUT2D eigenvalue weighted by molar-refractivity contribution is 7.47. The van der Waals surface area contributed by atoms with Gasteiger partial charge < -0.3 is 33.8 Å². The van der Waals surface area contributed by atoms with E-state index in [1.807, 2.05) is 0 Å². The second-order valence-corrected chi connectivity index (χ2v) is 30.8. The maximum Gasteiger partial charge on any atom is 0.472 e. The molecule has 3 N–H and O–H groups in total. The van der Waals surface area contributed by atoms with Crippen LogP contribution in [0.1, 0.15) is 401 Å². The summed E-state index contributed by atoms with van der Waals surface area (Å²) in [6.45, 7) is 7.31. The third-order valence-electron chi connectivity index (χ3n) is 17.8. The highest BCUT2D eigenvalue weighted by Gasteiger charge is 2.30. The fraction of sp³-hybridized carbons (Fsp3) is 0.947. The minimum Gasteiger partial charge on any atom is -0.462 e. The summed E-state index contributed by atoms with van der Waals surface area (Å²) in [4.78, 5) is 72.8. The molecule has 0 aromatic rings. The van der Waals surface area contributed by atoms with Gasteiger partial charge in [-0.3, -0.25) is 37.3 Å². The van der Waals surface area contributed by atoms with Crippen molar-refractivity contribution in [1.82, 2.24) is 0 Å². The molecule has 0 aliphatic carbocycles. The van der Waals surface area contributed by atoms with E-state index in [0.29, 0.717) is 25.7 Å². The average molecular weight is 1400 g/mol. The van der Waals surface area contributed by atoms with Gasteiger partial charge >= 0.3 is 39.5 Å². The number of rotatable bonds is 76.